The Bertz CT molecular complexity index is 1330. The summed E-state index contributed by atoms with van der Waals surface area (Å²) in [6.45, 7) is 4.54. The lowest BCUT2D eigenvalue weighted by Gasteiger charge is -2.44. The second kappa shape index (κ2) is 12.8. The van der Waals surface area contributed by atoms with E-state index >= 15 is 0 Å². The zero-order valence-corrected chi connectivity index (χ0v) is 24.9. The Hall–Kier alpha value is -3.54. The third-order valence-corrected chi connectivity index (χ3v) is 11.4. The van der Waals surface area contributed by atoms with Crippen LogP contribution >= 0.6 is 18.6 Å². The summed E-state index contributed by atoms with van der Waals surface area (Å²) >= 11 is 1.31. The van der Waals surface area contributed by atoms with Gasteiger partial charge in [-0.15, -0.1) is 11.8 Å². The van der Waals surface area contributed by atoms with E-state index < -0.39 is 29.8 Å². The fourth-order valence-electron chi connectivity index (χ4n) is 4.62. The molecule has 0 bridgehead atoms. The molecule has 8 heteroatoms. The Balaban J connectivity index is 2.07. The van der Waals surface area contributed by atoms with Crippen LogP contribution in [0.4, 0.5) is 0 Å². The van der Waals surface area contributed by atoms with E-state index in [0.717, 1.165) is 15.9 Å². The number of benzene rings is 3. The van der Waals surface area contributed by atoms with E-state index in [1.807, 2.05) is 112 Å². The number of hydrogen-bond acceptors (Lipinski definition) is 6. The van der Waals surface area contributed by atoms with E-state index in [4.69, 9.17) is 9.47 Å². The Morgan fingerprint density at radius 3 is 1.77 bits per heavy atom. The average Bonchev–Trinajstić information content (AvgIpc) is 2.93. The summed E-state index contributed by atoms with van der Waals surface area (Å²) < 4.78 is 11.1. The highest BCUT2D eigenvalue weighted by Gasteiger charge is 2.47. The summed E-state index contributed by atoms with van der Waals surface area (Å²) in [5.41, 5.74) is -0.466. The number of ether oxygens (including phenoxy) is 2. The van der Waals surface area contributed by atoms with Crippen molar-refractivity contribution in [3.63, 3.8) is 0 Å². The Morgan fingerprint density at radius 2 is 1.38 bits per heavy atom. The van der Waals surface area contributed by atoms with Crippen molar-refractivity contribution in [3.05, 3.63) is 102 Å². The molecule has 40 heavy (non-hydrogen) atoms. The topological polar surface area (TPSA) is 72.9 Å². The zero-order valence-electron chi connectivity index (χ0n) is 23.2. The summed E-state index contributed by atoms with van der Waals surface area (Å²) in [5.74, 6) is -1.16. The largest absolute Gasteiger partial charge is 0.463 e. The molecule has 1 atom stereocenters. The fraction of sp³-hybridized carbons (Fsp3) is 0.250. The number of hydrogen-bond donors (Lipinski definition) is 0. The maximum Gasteiger partial charge on any atom is 0.356 e. The molecular weight excluding hydrogens is 541 g/mol. The van der Waals surface area contributed by atoms with Crippen LogP contribution in [0.3, 0.4) is 0 Å². The summed E-state index contributed by atoms with van der Waals surface area (Å²) in [4.78, 5) is 41.4. The van der Waals surface area contributed by atoms with Crippen LogP contribution in [0, 0.1) is 0 Å². The minimum Gasteiger partial charge on any atom is -0.463 e. The molecule has 0 aliphatic carbocycles. The van der Waals surface area contributed by atoms with Gasteiger partial charge in [0.1, 0.15) is 11.0 Å². The van der Waals surface area contributed by atoms with Crippen LogP contribution in [-0.2, 0) is 23.9 Å². The molecule has 0 radical (unpaired) electrons. The van der Waals surface area contributed by atoms with Crippen molar-refractivity contribution in [3.8, 4) is 0 Å². The standard InChI is InChI=1S/C32H34NO5PS/c1-5-37-29(35)21-22-40-28-23-27(34)33(28)30(31(36)38-32(2,3)4)39(24-15-9-6-10-16-24,25-17-11-7-12-18-25)26-19-13-8-14-20-26/h6-22,28H,5,23H2,1-4H3. The first-order valence-electron chi connectivity index (χ1n) is 13.2. The first-order chi connectivity index (χ1) is 19.2. The van der Waals surface area contributed by atoms with Gasteiger partial charge in [0.25, 0.3) is 0 Å². The number of amides is 1. The van der Waals surface area contributed by atoms with Crippen molar-refractivity contribution in [2.45, 2.75) is 45.1 Å². The molecule has 1 fully saturated rings. The second-order valence-corrected chi connectivity index (χ2v) is 14.5. The minimum absolute atomic E-state index is 0.171. The van der Waals surface area contributed by atoms with Crippen LogP contribution < -0.4 is 15.9 Å². The third-order valence-electron chi connectivity index (χ3n) is 6.19. The molecule has 4 rings (SSSR count). The number of thioether (sulfide) groups is 1. The molecule has 3 aromatic carbocycles. The molecule has 208 valence electrons. The van der Waals surface area contributed by atoms with Gasteiger partial charge < -0.3 is 9.47 Å². The number of nitrogens with zero attached hydrogens (tertiary/aromatic N) is 1. The molecule has 1 saturated heterocycles. The quantitative estimate of drug-likeness (QED) is 0.158. The van der Waals surface area contributed by atoms with Gasteiger partial charge in [-0.25, -0.2) is 9.59 Å². The lowest BCUT2D eigenvalue weighted by molar-refractivity contribution is -0.149. The minimum atomic E-state index is -2.95. The zero-order chi connectivity index (χ0) is 28.8. The first-order valence-corrected chi connectivity index (χ1v) is 15.9. The van der Waals surface area contributed by atoms with E-state index in [1.54, 1.807) is 17.2 Å². The van der Waals surface area contributed by atoms with Crippen molar-refractivity contribution in [1.29, 1.82) is 0 Å². The molecule has 3 aromatic rings. The normalized spacial score (nSPS) is 15.4. The lowest BCUT2D eigenvalue weighted by atomic mass is 10.2. The van der Waals surface area contributed by atoms with Crippen molar-refractivity contribution in [2.75, 3.05) is 6.61 Å². The molecule has 0 N–H and O–H groups in total. The number of esters is 2. The Morgan fingerprint density at radius 1 is 0.900 bits per heavy atom. The molecule has 0 saturated carbocycles. The van der Waals surface area contributed by atoms with Crippen LogP contribution in [0.15, 0.2) is 102 Å². The molecule has 1 amide bonds. The molecule has 1 aliphatic heterocycles. The molecule has 0 spiro atoms. The van der Waals surface area contributed by atoms with Crippen LogP contribution in [0.2, 0.25) is 0 Å². The second-order valence-electron chi connectivity index (χ2n) is 10.1. The monoisotopic (exact) mass is 575 g/mol. The van der Waals surface area contributed by atoms with E-state index in [2.05, 4.69) is 0 Å². The molecule has 0 aromatic heterocycles. The highest BCUT2D eigenvalue weighted by molar-refractivity contribution is 8.03. The maximum absolute atomic E-state index is 14.4. The Kier molecular flexibility index (Phi) is 9.39. The van der Waals surface area contributed by atoms with Crippen LogP contribution in [0.1, 0.15) is 34.1 Å². The summed E-state index contributed by atoms with van der Waals surface area (Å²) in [5, 5.41) is 4.02. The van der Waals surface area contributed by atoms with Gasteiger partial charge in [0.15, 0.2) is 0 Å². The predicted octanol–water partition coefficient (Wildman–Crippen LogP) is 4.82. The van der Waals surface area contributed by atoms with Gasteiger partial charge >= 0.3 is 11.9 Å². The number of rotatable bonds is 9. The first kappa shape index (κ1) is 29.4. The summed E-state index contributed by atoms with van der Waals surface area (Å²) in [6.07, 6.45) is 1.57. The van der Waals surface area contributed by atoms with Crippen molar-refractivity contribution >= 4 is 57.8 Å². The summed E-state index contributed by atoms with van der Waals surface area (Å²) in [6, 6.07) is 29.7. The molecule has 1 heterocycles. The lowest BCUT2D eigenvalue weighted by Crippen LogP contribution is -2.58. The van der Waals surface area contributed by atoms with E-state index in [-0.39, 0.29) is 18.9 Å². The molecule has 6 nitrogen and oxygen atoms in total. The third kappa shape index (κ3) is 6.27. The van der Waals surface area contributed by atoms with Gasteiger partial charge in [-0.1, -0.05) is 91.0 Å². The molecule has 1 aliphatic rings. The van der Waals surface area contributed by atoms with E-state index in [0.29, 0.717) is 5.42 Å². The van der Waals surface area contributed by atoms with Gasteiger partial charge in [0.05, 0.1) is 18.4 Å². The smallest absolute Gasteiger partial charge is 0.356 e. The molecular formula is C32H34NO5PS. The molecule has 1 unspecified atom stereocenters. The van der Waals surface area contributed by atoms with Crippen molar-refractivity contribution in [1.82, 2.24) is 4.90 Å². The van der Waals surface area contributed by atoms with Gasteiger partial charge in [0.2, 0.25) is 5.91 Å². The van der Waals surface area contributed by atoms with Gasteiger partial charge in [0, 0.05) is 13.0 Å². The summed E-state index contributed by atoms with van der Waals surface area (Å²) in [7, 11) is 0. The number of β-lactam (4-membered cyclic amide) rings is 1. The van der Waals surface area contributed by atoms with E-state index in [9.17, 15) is 14.4 Å². The predicted molar refractivity (Wildman–Crippen MR) is 165 cm³/mol. The Labute approximate surface area is 240 Å². The van der Waals surface area contributed by atoms with Crippen LogP contribution in [0.25, 0.3) is 0 Å². The average molecular weight is 576 g/mol. The number of likely N-dealkylation sites (tertiary alicyclic amines) is 1. The SMILES string of the molecule is CCOC(=O)C=CSC1CC(=O)N1C(C(=O)OC(C)(C)C)=P(c1ccccc1)(c1ccccc1)c1ccccc1. The van der Waals surface area contributed by atoms with Gasteiger partial charge in [-0.3, -0.25) is 9.69 Å². The van der Waals surface area contributed by atoms with Gasteiger partial charge in [-0.2, -0.15) is 0 Å². The van der Waals surface area contributed by atoms with E-state index in [1.165, 1.54) is 17.8 Å². The highest BCUT2D eigenvalue weighted by atomic mass is 32.2. The van der Waals surface area contributed by atoms with Crippen molar-refractivity contribution < 1.29 is 23.9 Å². The van der Waals surface area contributed by atoms with Crippen LogP contribution in [0.5, 0.6) is 0 Å². The number of carbonyl (C=O) groups is 3. The highest BCUT2D eigenvalue weighted by Crippen LogP contribution is 2.49. The number of carbonyl (C=O) groups excluding carboxylic acids is 3. The fourth-order valence-corrected chi connectivity index (χ4v) is 10.0. The van der Waals surface area contributed by atoms with Crippen molar-refractivity contribution in [2.24, 2.45) is 0 Å². The maximum atomic E-state index is 14.4. The van der Waals surface area contributed by atoms with Crippen LogP contribution in [-0.4, -0.2) is 45.7 Å². The van der Waals surface area contributed by atoms with Gasteiger partial charge in [-0.05, 0) is 49.0 Å².